The summed E-state index contributed by atoms with van der Waals surface area (Å²) in [5, 5.41) is 2.63. The van der Waals surface area contributed by atoms with Gasteiger partial charge in [0.05, 0.1) is 7.11 Å². The van der Waals surface area contributed by atoms with E-state index in [0.29, 0.717) is 18.7 Å². The largest absolute Gasteiger partial charge is 0.497 e. The molecule has 0 heterocycles. The predicted octanol–water partition coefficient (Wildman–Crippen LogP) is 3.48. The average Bonchev–Trinajstić information content (AvgIpc) is 2.74. The molecule has 2 aromatic carbocycles. The van der Waals surface area contributed by atoms with Crippen LogP contribution in [0.15, 0.2) is 54.6 Å². The van der Waals surface area contributed by atoms with Gasteiger partial charge in [-0.25, -0.2) is 0 Å². The fourth-order valence-corrected chi connectivity index (χ4v) is 3.72. The summed E-state index contributed by atoms with van der Waals surface area (Å²) in [5.41, 5.74) is 2.17. The molecule has 0 aromatic heterocycles. The Morgan fingerprint density at radius 3 is 2.50 bits per heavy atom. The maximum Gasteiger partial charge on any atom is 0.242 e. The summed E-state index contributed by atoms with van der Waals surface area (Å²) in [6, 6.07) is 17.2. The van der Waals surface area contributed by atoms with Gasteiger partial charge in [0, 0.05) is 31.5 Å². The number of likely N-dealkylation sites (N-methyl/N-ethyl adjacent to an activating group) is 1. The molecule has 5 nitrogen and oxygen atoms in total. The van der Waals surface area contributed by atoms with Crippen LogP contribution >= 0.6 is 11.8 Å². The molecule has 0 spiro atoms. The van der Waals surface area contributed by atoms with Crippen LogP contribution < -0.4 is 10.1 Å². The zero-order valence-electron chi connectivity index (χ0n) is 16.7. The van der Waals surface area contributed by atoms with E-state index in [9.17, 15) is 9.59 Å². The van der Waals surface area contributed by atoms with Crippen molar-refractivity contribution in [3.63, 3.8) is 0 Å². The number of thioether (sulfide) groups is 1. The van der Waals surface area contributed by atoms with Gasteiger partial charge >= 0.3 is 0 Å². The first-order chi connectivity index (χ1) is 13.5. The molecule has 0 saturated carbocycles. The van der Waals surface area contributed by atoms with Gasteiger partial charge in [0.2, 0.25) is 11.8 Å². The van der Waals surface area contributed by atoms with Gasteiger partial charge in [0.1, 0.15) is 11.8 Å². The highest BCUT2D eigenvalue weighted by Crippen LogP contribution is 2.18. The molecule has 28 heavy (non-hydrogen) atoms. The van der Waals surface area contributed by atoms with Crippen molar-refractivity contribution in [1.29, 1.82) is 0 Å². The molecule has 0 saturated heterocycles. The Hall–Kier alpha value is -2.47. The fourth-order valence-electron chi connectivity index (χ4n) is 2.83. The molecule has 2 aromatic rings. The lowest BCUT2D eigenvalue weighted by Crippen LogP contribution is -2.46. The van der Waals surface area contributed by atoms with E-state index in [1.165, 1.54) is 5.56 Å². The fraction of sp³-hybridized carbons (Fsp3) is 0.364. The summed E-state index contributed by atoms with van der Waals surface area (Å²) in [7, 11) is 3.20. The third-order valence-corrected chi connectivity index (χ3v) is 5.50. The summed E-state index contributed by atoms with van der Waals surface area (Å²) in [4.78, 5) is 26.7. The summed E-state index contributed by atoms with van der Waals surface area (Å²) < 4.78 is 5.26. The predicted molar refractivity (Wildman–Crippen MR) is 114 cm³/mol. The molecular formula is C22H28N2O3S. The summed E-state index contributed by atoms with van der Waals surface area (Å²) >= 11 is 1.72. The van der Waals surface area contributed by atoms with Gasteiger partial charge in [-0.05, 0) is 30.2 Å². The van der Waals surface area contributed by atoms with Crippen molar-refractivity contribution < 1.29 is 14.3 Å². The lowest BCUT2D eigenvalue weighted by atomic mass is 10.1. The van der Waals surface area contributed by atoms with E-state index in [-0.39, 0.29) is 11.8 Å². The summed E-state index contributed by atoms with van der Waals surface area (Å²) in [6.07, 6.45) is 0.392. The Bertz CT molecular complexity index is 767. The second-order valence-corrected chi connectivity index (χ2v) is 7.56. The molecule has 2 rings (SSSR count). The lowest BCUT2D eigenvalue weighted by molar-refractivity contribution is -0.140. The Balaban J connectivity index is 1.98. The van der Waals surface area contributed by atoms with Crippen molar-refractivity contribution in [2.24, 2.45) is 0 Å². The van der Waals surface area contributed by atoms with Gasteiger partial charge in [0.25, 0.3) is 0 Å². The SMILES string of the molecule is CNC(=O)[C@@H](C)N(Cc1cccc(OC)c1)C(=O)CCSCc1ccccc1. The van der Waals surface area contributed by atoms with Crippen molar-refractivity contribution in [2.45, 2.75) is 31.7 Å². The lowest BCUT2D eigenvalue weighted by Gasteiger charge is -2.28. The molecular weight excluding hydrogens is 372 g/mol. The minimum atomic E-state index is -0.539. The number of benzene rings is 2. The molecule has 1 atom stereocenters. The average molecular weight is 401 g/mol. The van der Waals surface area contributed by atoms with Crippen molar-refractivity contribution in [3.8, 4) is 5.75 Å². The zero-order chi connectivity index (χ0) is 20.4. The highest BCUT2D eigenvalue weighted by atomic mass is 32.2. The van der Waals surface area contributed by atoms with Crippen molar-refractivity contribution >= 4 is 23.6 Å². The van der Waals surface area contributed by atoms with Crippen LogP contribution in [0.5, 0.6) is 5.75 Å². The number of nitrogens with zero attached hydrogens (tertiary/aromatic N) is 1. The number of nitrogens with one attached hydrogen (secondary N) is 1. The molecule has 1 N–H and O–H groups in total. The number of amides is 2. The second kappa shape index (κ2) is 11.4. The standard InChI is InChI=1S/C22H28N2O3S/c1-17(22(26)23-2)24(15-19-10-7-11-20(14-19)27-3)21(25)12-13-28-16-18-8-5-4-6-9-18/h4-11,14,17H,12-13,15-16H2,1-3H3,(H,23,26)/t17-/m1/s1. The molecule has 0 bridgehead atoms. The molecule has 0 aliphatic heterocycles. The maximum atomic E-state index is 12.9. The smallest absolute Gasteiger partial charge is 0.242 e. The molecule has 6 heteroatoms. The number of methoxy groups -OCH3 is 1. The zero-order valence-corrected chi connectivity index (χ0v) is 17.5. The molecule has 0 unspecified atom stereocenters. The number of rotatable bonds is 10. The van der Waals surface area contributed by atoms with Crippen molar-refractivity contribution in [3.05, 3.63) is 65.7 Å². The minimum Gasteiger partial charge on any atom is -0.497 e. The molecule has 0 aliphatic carbocycles. The molecule has 0 radical (unpaired) electrons. The van der Waals surface area contributed by atoms with Crippen molar-refractivity contribution in [1.82, 2.24) is 10.2 Å². The van der Waals surface area contributed by atoms with Gasteiger partial charge in [0.15, 0.2) is 0 Å². The van der Waals surface area contributed by atoms with E-state index < -0.39 is 6.04 Å². The van der Waals surface area contributed by atoms with Crippen LogP contribution in [0, 0.1) is 0 Å². The maximum absolute atomic E-state index is 12.9. The summed E-state index contributed by atoms with van der Waals surface area (Å²) in [6.45, 7) is 2.13. The van der Waals surface area contributed by atoms with Crippen LogP contribution in [0.25, 0.3) is 0 Å². The quantitative estimate of drug-likeness (QED) is 0.621. The van der Waals surface area contributed by atoms with E-state index >= 15 is 0 Å². The third kappa shape index (κ3) is 6.60. The third-order valence-electron chi connectivity index (χ3n) is 4.47. The Morgan fingerprint density at radius 2 is 1.82 bits per heavy atom. The number of hydrogen-bond acceptors (Lipinski definition) is 4. The molecule has 0 fully saturated rings. The van der Waals surface area contributed by atoms with E-state index in [2.05, 4.69) is 17.4 Å². The first-order valence-corrected chi connectivity index (χ1v) is 10.5. The van der Waals surface area contributed by atoms with E-state index in [4.69, 9.17) is 4.74 Å². The van der Waals surface area contributed by atoms with Gasteiger partial charge in [-0.2, -0.15) is 11.8 Å². The Labute approximate surface area is 171 Å². The Kier molecular flexibility index (Phi) is 8.88. The van der Waals surface area contributed by atoms with Crippen LogP contribution in [0.3, 0.4) is 0 Å². The van der Waals surface area contributed by atoms with Gasteiger partial charge < -0.3 is 15.0 Å². The van der Waals surface area contributed by atoms with Gasteiger partial charge in [-0.3, -0.25) is 9.59 Å². The van der Waals surface area contributed by atoms with Crippen LogP contribution in [0.4, 0.5) is 0 Å². The topological polar surface area (TPSA) is 58.6 Å². The summed E-state index contributed by atoms with van der Waals surface area (Å²) in [5.74, 6) is 2.11. The van der Waals surface area contributed by atoms with Crippen LogP contribution in [-0.4, -0.2) is 42.7 Å². The first-order valence-electron chi connectivity index (χ1n) is 9.30. The molecule has 150 valence electrons. The normalized spacial score (nSPS) is 11.5. The molecule has 0 aliphatic rings. The number of ether oxygens (including phenoxy) is 1. The molecule has 2 amide bonds. The number of carbonyl (C=O) groups is 2. The van der Waals surface area contributed by atoms with Crippen LogP contribution in [-0.2, 0) is 21.9 Å². The van der Waals surface area contributed by atoms with E-state index in [1.54, 1.807) is 37.7 Å². The first kappa shape index (κ1) is 21.8. The number of hydrogen-bond donors (Lipinski definition) is 1. The van der Waals surface area contributed by atoms with Gasteiger partial charge in [-0.15, -0.1) is 0 Å². The van der Waals surface area contributed by atoms with E-state index in [1.807, 2.05) is 42.5 Å². The Morgan fingerprint density at radius 1 is 1.11 bits per heavy atom. The van der Waals surface area contributed by atoms with Crippen LogP contribution in [0.1, 0.15) is 24.5 Å². The van der Waals surface area contributed by atoms with Crippen LogP contribution in [0.2, 0.25) is 0 Å². The van der Waals surface area contributed by atoms with Gasteiger partial charge in [-0.1, -0.05) is 42.5 Å². The highest BCUT2D eigenvalue weighted by Gasteiger charge is 2.25. The minimum absolute atomic E-state index is 0.0283. The highest BCUT2D eigenvalue weighted by molar-refractivity contribution is 7.98. The van der Waals surface area contributed by atoms with E-state index in [0.717, 1.165) is 17.1 Å². The number of carbonyl (C=O) groups excluding carboxylic acids is 2. The second-order valence-electron chi connectivity index (χ2n) is 6.45. The van der Waals surface area contributed by atoms with Crippen molar-refractivity contribution in [2.75, 3.05) is 19.9 Å². The monoisotopic (exact) mass is 400 g/mol.